The number of unbranched alkanes of at least 4 members (excludes halogenated alkanes) is 25. The van der Waals surface area contributed by atoms with Crippen LogP contribution < -0.4 is 26.6 Å². The summed E-state index contributed by atoms with van der Waals surface area (Å²) in [5.41, 5.74) is 0. The Hall–Kier alpha value is -5.90. The molecule has 0 aromatic heterocycles. The number of carbonyl (C=O) groups is 8. The molecular weight excluding hydrogens is 1950 g/mol. The van der Waals surface area contributed by atoms with Crippen molar-refractivity contribution in [1.82, 2.24) is 26.6 Å². The summed E-state index contributed by atoms with van der Waals surface area (Å²) in [5, 5.41) is 286. The van der Waals surface area contributed by atoms with Crippen LogP contribution in [-0.4, -0.2) is 460 Å². The van der Waals surface area contributed by atoms with Gasteiger partial charge < -0.3 is 215 Å². The maximum atomic E-state index is 14.6. The molecule has 51 nitrogen and oxygen atoms in total. The second-order valence-corrected chi connectivity index (χ2v) is 39.1. The Kier molecular flexibility index (Phi) is 54.9. The summed E-state index contributed by atoms with van der Waals surface area (Å²) in [6.45, 7) is -1.69. The molecule has 0 aliphatic carbocycles. The lowest BCUT2D eigenvalue weighted by Crippen LogP contribution is -2.72. The maximum absolute atomic E-state index is 14.6. The van der Waals surface area contributed by atoms with E-state index in [4.69, 9.17) is 66.3 Å². The third-order valence-corrected chi connectivity index (χ3v) is 27.5. The Morgan fingerprint density at radius 1 is 0.390 bits per heavy atom. The summed E-state index contributed by atoms with van der Waals surface area (Å²) >= 11 is 0. The molecule has 846 valence electrons. The molecule has 146 heavy (non-hydrogen) atoms. The van der Waals surface area contributed by atoms with E-state index in [-0.39, 0.29) is 6.42 Å². The van der Waals surface area contributed by atoms with E-state index in [2.05, 4.69) is 40.4 Å². The van der Waals surface area contributed by atoms with Gasteiger partial charge in [0.1, 0.15) is 134 Å². The first-order valence-electron chi connectivity index (χ1n) is 51.2. The van der Waals surface area contributed by atoms with Crippen LogP contribution in [0.2, 0.25) is 0 Å². The summed E-state index contributed by atoms with van der Waals surface area (Å²) in [7, 11) is 0. The molecule has 7 rings (SSSR count). The highest BCUT2D eigenvalue weighted by atomic mass is 16.8. The van der Waals surface area contributed by atoms with Crippen LogP contribution in [0.5, 0.6) is 0 Å². The molecular formula is C95H165N5O46. The Labute approximate surface area is 847 Å². The molecule has 0 spiro atoms. The number of carbonyl (C=O) groups excluding carboxylic acids is 5. The van der Waals surface area contributed by atoms with Crippen LogP contribution in [0.1, 0.15) is 247 Å². The van der Waals surface area contributed by atoms with Gasteiger partial charge in [-0.2, -0.15) is 0 Å². The minimum absolute atomic E-state index is 0.0559. The van der Waals surface area contributed by atoms with E-state index in [1.54, 1.807) is 6.08 Å². The number of nitrogens with one attached hydrogen (secondary N) is 5. The van der Waals surface area contributed by atoms with E-state index in [0.29, 0.717) is 12.8 Å². The van der Waals surface area contributed by atoms with Crippen LogP contribution >= 0.6 is 0 Å². The topological polar surface area (TPSA) is 811 Å². The zero-order valence-corrected chi connectivity index (χ0v) is 83.9. The van der Waals surface area contributed by atoms with Crippen molar-refractivity contribution >= 4 is 47.4 Å². The van der Waals surface area contributed by atoms with Gasteiger partial charge in [-0.25, -0.2) is 14.4 Å². The lowest BCUT2D eigenvalue weighted by molar-refractivity contribution is -0.403. The Morgan fingerprint density at radius 2 is 0.774 bits per heavy atom. The number of allylic oxidation sites excluding steroid dienone is 1. The lowest BCUT2D eigenvalue weighted by atomic mass is 9.87. The van der Waals surface area contributed by atoms with E-state index >= 15 is 0 Å². The number of amides is 5. The summed E-state index contributed by atoms with van der Waals surface area (Å²) in [4.78, 5) is 107. The highest BCUT2D eigenvalue weighted by Gasteiger charge is 2.66. The summed E-state index contributed by atoms with van der Waals surface area (Å²) in [6, 6.07) is -9.02. The zero-order chi connectivity index (χ0) is 108. The molecule has 11 unspecified atom stereocenters. The third kappa shape index (κ3) is 36.1. The van der Waals surface area contributed by atoms with Crippen LogP contribution in [-0.2, 0) is 105 Å². The monoisotopic (exact) mass is 2110 g/mol. The number of carboxylic acid groups (broad SMARTS) is 3. The molecule has 29 N–H and O–H groups in total. The number of aliphatic hydroxyl groups is 21. The van der Waals surface area contributed by atoms with Gasteiger partial charge in [-0.3, -0.25) is 24.0 Å². The van der Waals surface area contributed by atoms with Gasteiger partial charge in [-0.15, -0.1) is 0 Å². The first-order valence-corrected chi connectivity index (χ1v) is 51.2. The number of hydrogen-bond donors (Lipinski definition) is 29. The average molecular weight is 2110 g/mol. The SMILES string of the molecule is CCCCCCCCCCCCC/C=C/[C@@H](O)[C@H](CO[C@@H]1O[C@@H](CO)[C@@H](O[C@@H]2OC(CO)[C@H](O[C@H]3O[C@@H](CO)CC(O[C@@H]4OC(CO)[C@@H](O)[C@H](O[C@]5(C(=O)O)C[C@@H](O)[C@@H](NC(C)=O)C([C@@H](O)[C@H](O)CO)O5)C4O)C3NC(C)=O)[C@H](O[C@]3(C(=O)O)C[C@@H](O)[C@@H](NC(C)=O)C([C@@H](O)[C@H](CO)O[C@]4(C(=O)O)C[C@@H](O)[C@@H](NC(C)=O)C([C@@H](O)[C@H](O)CO)O4)O3)C2O)C(O)C1O)NC(=O)CCCCCCCCCCCCCCCCC. The number of aliphatic carboxylic acids is 3. The van der Waals surface area contributed by atoms with Gasteiger partial charge in [0.25, 0.3) is 17.4 Å². The van der Waals surface area contributed by atoms with E-state index in [0.717, 1.165) is 105 Å². The standard InChI is InChI=1S/C95H165N5O46/c1-7-9-11-13-15-17-19-21-22-24-26-28-30-32-34-36-66(118)100-54(55(112)35-33-31-29-27-25-23-20-18-16-14-12-10-8-2)48-133-87-76(124)75(123)79(64(46-106)137-87)139-89-78(126)85(146-95(92(131)132)40-58(115)69(98-51(5)110)83(144-95)74(122)63(45-105)141-93(90(127)128)38-56(113)67(96-49(3)108)81(142-93)71(119)59(116)42-102)80(65(47-107)138-89)140-86-70(99-52(6)111)61(37-53(41-101)134-86)135-88-77(125)84(73(121)62(44-104)136-88)145-94(91(129)130)39-57(114)68(97-50(4)109)82(143-94)72(120)60(117)43-103/h33,35,53-65,67-89,101-107,112-117,119-126H,7-32,34,36-48H2,1-6H3,(H,96,108)(H,97,109)(H,98,110)(H,99,111)(H,100,118)(H,127,128)(H,129,130)(H,131,132)/b35-33+/t53-,54+,55-,56-,57-,58-,59-,60-,61?,62?,63+,64+,65?,67-,68-,69-,70?,71+,72+,73-,74+,75?,76?,77?,78?,79-,80+,81?,82?,83?,84+,85-,86-,87-,88-,89+,93-,94+,95+/m1/s1. The van der Waals surface area contributed by atoms with Crippen molar-refractivity contribution in [3.63, 3.8) is 0 Å². The second-order valence-electron chi connectivity index (χ2n) is 39.1. The highest BCUT2D eigenvalue weighted by Crippen LogP contribution is 2.45. The minimum Gasteiger partial charge on any atom is -0.477 e. The van der Waals surface area contributed by atoms with Gasteiger partial charge in [-0.05, 0) is 19.3 Å². The quantitative estimate of drug-likeness (QED) is 0.0199. The first-order chi connectivity index (χ1) is 69.4. The van der Waals surface area contributed by atoms with Gasteiger partial charge in [0, 0.05) is 59.8 Å². The van der Waals surface area contributed by atoms with Gasteiger partial charge in [0.05, 0.1) is 114 Å². The number of hydrogen-bond acceptors (Lipinski definition) is 43. The van der Waals surface area contributed by atoms with Crippen LogP contribution in [0.15, 0.2) is 12.2 Å². The van der Waals surface area contributed by atoms with E-state index in [9.17, 15) is 161 Å². The fraction of sp³-hybridized carbons (Fsp3) is 0.895. The number of aliphatic hydroxyl groups excluding tert-OH is 21. The molecule has 51 heteroatoms. The molecule has 7 saturated heterocycles. The molecule has 0 aromatic rings. The molecule has 0 radical (unpaired) electrons. The molecule has 39 atom stereocenters. The fourth-order valence-corrected chi connectivity index (χ4v) is 19.5. The molecule has 0 saturated carbocycles. The van der Waals surface area contributed by atoms with Crippen LogP contribution in [0.25, 0.3) is 0 Å². The maximum Gasteiger partial charge on any atom is 0.364 e. The van der Waals surface area contributed by atoms with Crippen molar-refractivity contribution < 1.29 is 227 Å². The molecule has 7 fully saturated rings. The third-order valence-electron chi connectivity index (χ3n) is 27.5. The predicted octanol–water partition coefficient (Wildman–Crippen LogP) is -5.67. The number of carboxylic acids is 3. The predicted molar refractivity (Wildman–Crippen MR) is 500 cm³/mol. The molecule has 0 bridgehead atoms. The Balaban J connectivity index is 1.25. The van der Waals surface area contributed by atoms with Crippen molar-refractivity contribution in [3.8, 4) is 0 Å². The van der Waals surface area contributed by atoms with E-state index < -0.39 is 364 Å². The minimum atomic E-state index is -3.77. The molecule has 7 heterocycles. The van der Waals surface area contributed by atoms with Crippen molar-refractivity contribution in [2.24, 2.45) is 0 Å². The van der Waals surface area contributed by atoms with Crippen molar-refractivity contribution in [2.75, 3.05) is 52.9 Å². The van der Waals surface area contributed by atoms with Crippen molar-refractivity contribution in [1.29, 1.82) is 0 Å². The van der Waals surface area contributed by atoms with Gasteiger partial charge in [0.2, 0.25) is 29.5 Å². The van der Waals surface area contributed by atoms with E-state index in [1.165, 1.54) is 89.5 Å². The molecule has 0 aromatic carbocycles. The Bertz CT molecular complexity index is 3880. The average Bonchev–Trinajstić information content (AvgIpc) is 0.746. The largest absolute Gasteiger partial charge is 0.477 e. The molecule has 7 aliphatic heterocycles. The van der Waals surface area contributed by atoms with Gasteiger partial charge >= 0.3 is 17.9 Å². The van der Waals surface area contributed by atoms with Gasteiger partial charge in [-0.1, -0.05) is 180 Å². The van der Waals surface area contributed by atoms with Crippen LogP contribution in [0, 0.1) is 0 Å². The lowest BCUT2D eigenvalue weighted by Gasteiger charge is -2.53. The number of ether oxygens (including phenoxy) is 14. The second kappa shape index (κ2) is 63.1. The molecule has 5 amide bonds. The van der Waals surface area contributed by atoms with Gasteiger partial charge in [0.15, 0.2) is 25.2 Å². The summed E-state index contributed by atoms with van der Waals surface area (Å²) in [5.74, 6) is -21.8. The number of rotatable bonds is 66. The van der Waals surface area contributed by atoms with Crippen molar-refractivity contribution in [3.05, 3.63) is 12.2 Å². The molecule has 7 aliphatic rings. The smallest absolute Gasteiger partial charge is 0.364 e. The van der Waals surface area contributed by atoms with Crippen LogP contribution in [0.4, 0.5) is 0 Å². The normalized spacial score (nSPS) is 35.1. The zero-order valence-electron chi connectivity index (χ0n) is 83.9. The fourth-order valence-electron chi connectivity index (χ4n) is 19.5. The van der Waals surface area contributed by atoms with Crippen molar-refractivity contribution in [2.45, 2.75) is 485 Å². The van der Waals surface area contributed by atoms with Crippen LogP contribution in [0.3, 0.4) is 0 Å². The summed E-state index contributed by atoms with van der Waals surface area (Å²) < 4.78 is 85.2. The first kappa shape index (κ1) is 127. The Morgan fingerprint density at radius 3 is 1.21 bits per heavy atom. The highest BCUT2D eigenvalue weighted by molar-refractivity contribution is 5.79. The van der Waals surface area contributed by atoms with E-state index in [1.807, 2.05) is 0 Å². The summed E-state index contributed by atoms with van der Waals surface area (Å²) in [6.07, 6.45) is -43.7.